The molecular weight excluding hydrogens is 334 g/mol. The molecular formula is C16H20BrNO3. The summed E-state index contributed by atoms with van der Waals surface area (Å²) < 4.78 is 6.01. The van der Waals surface area contributed by atoms with E-state index in [1.54, 1.807) is 6.92 Å². The van der Waals surface area contributed by atoms with Crippen LogP contribution in [0.4, 0.5) is 5.69 Å². The highest BCUT2D eigenvalue weighted by molar-refractivity contribution is 9.10. The number of ketones is 1. The molecule has 1 aromatic carbocycles. The fourth-order valence-electron chi connectivity index (χ4n) is 2.71. The van der Waals surface area contributed by atoms with Gasteiger partial charge in [-0.2, -0.15) is 0 Å². The maximum Gasteiger partial charge on any atom is 0.310 e. The highest BCUT2D eigenvalue weighted by Gasteiger charge is 2.28. The molecule has 1 atom stereocenters. The largest absolute Gasteiger partial charge is 0.466 e. The summed E-state index contributed by atoms with van der Waals surface area (Å²) in [7, 11) is 0. The zero-order chi connectivity index (χ0) is 15.4. The Morgan fingerprint density at radius 3 is 2.86 bits per heavy atom. The lowest BCUT2D eigenvalue weighted by Gasteiger charge is -2.34. The number of hydrogen-bond donors (Lipinski definition) is 0. The molecule has 1 saturated heterocycles. The summed E-state index contributed by atoms with van der Waals surface area (Å²) in [5.74, 6) is -0.213. The molecule has 4 nitrogen and oxygen atoms in total. The molecule has 0 N–H and O–H groups in total. The SMILES string of the molecule is CCOC(=O)C1CCCN(c2ccc(Br)cc2C(C)=O)C1. The Hall–Kier alpha value is -1.36. The van der Waals surface area contributed by atoms with Crippen molar-refractivity contribution in [3.63, 3.8) is 0 Å². The molecule has 0 amide bonds. The van der Waals surface area contributed by atoms with Crippen LogP contribution in [0.5, 0.6) is 0 Å². The number of piperidine rings is 1. The summed E-state index contributed by atoms with van der Waals surface area (Å²) in [5, 5.41) is 0. The highest BCUT2D eigenvalue weighted by Crippen LogP contribution is 2.29. The van der Waals surface area contributed by atoms with Crippen molar-refractivity contribution in [3.8, 4) is 0 Å². The molecule has 1 unspecified atom stereocenters. The van der Waals surface area contributed by atoms with Crippen LogP contribution in [0.1, 0.15) is 37.0 Å². The zero-order valence-corrected chi connectivity index (χ0v) is 14.0. The Balaban J connectivity index is 2.22. The Morgan fingerprint density at radius 2 is 2.19 bits per heavy atom. The normalized spacial score (nSPS) is 18.4. The van der Waals surface area contributed by atoms with E-state index in [0.717, 1.165) is 29.5 Å². The molecule has 1 aliphatic rings. The van der Waals surface area contributed by atoms with E-state index in [1.807, 2.05) is 25.1 Å². The van der Waals surface area contributed by atoms with Gasteiger partial charge in [0.25, 0.3) is 0 Å². The first-order chi connectivity index (χ1) is 10.0. The van der Waals surface area contributed by atoms with Crippen molar-refractivity contribution in [1.29, 1.82) is 0 Å². The van der Waals surface area contributed by atoms with Gasteiger partial charge in [-0.3, -0.25) is 9.59 Å². The molecule has 2 rings (SSSR count). The molecule has 114 valence electrons. The second-order valence-corrected chi connectivity index (χ2v) is 6.17. The van der Waals surface area contributed by atoms with E-state index in [1.165, 1.54) is 0 Å². The first kappa shape index (κ1) is 16.0. The summed E-state index contributed by atoms with van der Waals surface area (Å²) in [6, 6.07) is 5.70. The summed E-state index contributed by atoms with van der Waals surface area (Å²) in [6.07, 6.45) is 1.78. The molecule has 1 fully saturated rings. The van der Waals surface area contributed by atoms with Crippen molar-refractivity contribution in [2.75, 3.05) is 24.6 Å². The van der Waals surface area contributed by atoms with Gasteiger partial charge in [0.1, 0.15) is 0 Å². The Labute approximate surface area is 133 Å². The quantitative estimate of drug-likeness (QED) is 0.614. The second-order valence-electron chi connectivity index (χ2n) is 5.25. The van der Waals surface area contributed by atoms with E-state index in [4.69, 9.17) is 4.74 Å². The van der Waals surface area contributed by atoms with Crippen molar-refractivity contribution in [2.45, 2.75) is 26.7 Å². The minimum Gasteiger partial charge on any atom is -0.466 e. The van der Waals surface area contributed by atoms with Crippen LogP contribution in [-0.2, 0) is 9.53 Å². The summed E-state index contributed by atoms with van der Waals surface area (Å²) >= 11 is 3.40. The van der Waals surface area contributed by atoms with Crippen molar-refractivity contribution < 1.29 is 14.3 Å². The lowest BCUT2D eigenvalue weighted by molar-refractivity contribution is -0.148. The number of anilines is 1. The van der Waals surface area contributed by atoms with Gasteiger partial charge in [-0.05, 0) is 44.9 Å². The van der Waals surface area contributed by atoms with Gasteiger partial charge >= 0.3 is 5.97 Å². The molecule has 0 saturated carbocycles. The van der Waals surface area contributed by atoms with E-state index >= 15 is 0 Å². The van der Waals surface area contributed by atoms with Crippen LogP contribution in [0, 0.1) is 5.92 Å². The van der Waals surface area contributed by atoms with Gasteiger partial charge in [-0.15, -0.1) is 0 Å². The van der Waals surface area contributed by atoms with Crippen LogP contribution < -0.4 is 4.90 Å². The van der Waals surface area contributed by atoms with Crippen molar-refractivity contribution in [1.82, 2.24) is 0 Å². The van der Waals surface area contributed by atoms with Gasteiger partial charge < -0.3 is 9.64 Å². The van der Waals surface area contributed by atoms with Gasteiger partial charge in [0.2, 0.25) is 0 Å². The number of rotatable bonds is 4. The Bertz CT molecular complexity index is 544. The number of nitrogens with zero attached hydrogens (tertiary/aromatic N) is 1. The molecule has 0 aromatic heterocycles. The number of carbonyl (C=O) groups is 2. The summed E-state index contributed by atoms with van der Waals surface area (Å²) in [4.78, 5) is 25.9. The lowest BCUT2D eigenvalue weighted by atomic mass is 9.96. The van der Waals surface area contributed by atoms with Crippen molar-refractivity contribution >= 4 is 33.4 Å². The standard InChI is InChI=1S/C16H20BrNO3/c1-3-21-16(20)12-5-4-8-18(10-12)15-7-6-13(17)9-14(15)11(2)19/h6-7,9,12H,3-5,8,10H2,1-2H3. The minimum atomic E-state index is -0.135. The van der Waals surface area contributed by atoms with Gasteiger partial charge in [0.15, 0.2) is 5.78 Å². The maximum atomic E-state index is 11.9. The Morgan fingerprint density at radius 1 is 1.43 bits per heavy atom. The third-order valence-electron chi connectivity index (χ3n) is 3.72. The van der Waals surface area contributed by atoms with Gasteiger partial charge in [0.05, 0.1) is 12.5 Å². The minimum absolute atomic E-state index is 0.0320. The van der Waals surface area contributed by atoms with E-state index in [9.17, 15) is 9.59 Å². The number of benzene rings is 1. The van der Waals surface area contributed by atoms with Crippen LogP contribution in [-0.4, -0.2) is 31.4 Å². The van der Waals surface area contributed by atoms with E-state index in [-0.39, 0.29) is 17.7 Å². The maximum absolute atomic E-state index is 11.9. The van der Waals surface area contributed by atoms with Crippen molar-refractivity contribution in [2.24, 2.45) is 5.92 Å². The predicted molar refractivity (Wildman–Crippen MR) is 85.7 cm³/mol. The molecule has 1 heterocycles. The fraction of sp³-hybridized carbons (Fsp3) is 0.500. The topological polar surface area (TPSA) is 46.6 Å². The second kappa shape index (κ2) is 7.07. The number of carbonyl (C=O) groups excluding carboxylic acids is 2. The number of Topliss-reactive ketones (excluding diaryl/α,β-unsaturated/α-hetero) is 1. The molecule has 21 heavy (non-hydrogen) atoms. The van der Waals surface area contributed by atoms with Crippen LogP contribution in [0.2, 0.25) is 0 Å². The highest BCUT2D eigenvalue weighted by atomic mass is 79.9. The molecule has 0 aliphatic carbocycles. The zero-order valence-electron chi connectivity index (χ0n) is 12.4. The van der Waals surface area contributed by atoms with E-state index in [0.29, 0.717) is 18.7 Å². The van der Waals surface area contributed by atoms with Gasteiger partial charge in [-0.25, -0.2) is 0 Å². The monoisotopic (exact) mass is 353 g/mol. The summed E-state index contributed by atoms with van der Waals surface area (Å²) in [6.45, 7) is 5.27. The third-order valence-corrected chi connectivity index (χ3v) is 4.21. The average Bonchev–Trinajstić information content (AvgIpc) is 2.47. The Kier molecular flexibility index (Phi) is 5.39. The summed E-state index contributed by atoms with van der Waals surface area (Å²) in [5.41, 5.74) is 1.59. The third kappa shape index (κ3) is 3.84. The van der Waals surface area contributed by atoms with Crippen LogP contribution >= 0.6 is 15.9 Å². The molecule has 0 spiro atoms. The van der Waals surface area contributed by atoms with Gasteiger partial charge in [0, 0.05) is 28.8 Å². The smallest absolute Gasteiger partial charge is 0.310 e. The number of hydrogen-bond acceptors (Lipinski definition) is 4. The molecule has 5 heteroatoms. The molecule has 1 aliphatic heterocycles. The van der Waals surface area contributed by atoms with Crippen LogP contribution in [0.25, 0.3) is 0 Å². The van der Waals surface area contributed by atoms with Crippen LogP contribution in [0.3, 0.4) is 0 Å². The molecule has 1 aromatic rings. The fourth-order valence-corrected chi connectivity index (χ4v) is 3.08. The number of esters is 1. The first-order valence-corrected chi connectivity index (χ1v) is 8.04. The first-order valence-electron chi connectivity index (χ1n) is 7.25. The molecule has 0 bridgehead atoms. The lowest BCUT2D eigenvalue weighted by Crippen LogP contribution is -2.40. The predicted octanol–water partition coefficient (Wildman–Crippen LogP) is 3.43. The van der Waals surface area contributed by atoms with Gasteiger partial charge in [-0.1, -0.05) is 15.9 Å². The van der Waals surface area contributed by atoms with E-state index < -0.39 is 0 Å². The average molecular weight is 354 g/mol. The number of ether oxygens (including phenoxy) is 1. The number of halogens is 1. The molecule has 0 radical (unpaired) electrons. The van der Waals surface area contributed by atoms with Crippen molar-refractivity contribution in [3.05, 3.63) is 28.2 Å². The van der Waals surface area contributed by atoms with Crippen LogP contribution in [0.15, 0.2) is 22.7 Å². The van der Waals surface area contributed by atoms with E-state index in [2.05, 4.69) is 20.8 Å².